The Hall–Kier alpha value is -3.61. The van der Waals surface area contributed by atoms with Crippen molar-refractivity contribution in [1.82, 2.24) is 9.97 Å². The maximum absolute atomic E-state index is 12.9. The first-order valence-electron chi connectivity index (χ1n) is 10.7. The van der Waals surface area contributed by atoms with E-state index in [4.69, 9.17) is 9.47 Å². The SMILES string of the molecule is COc1ccc(-c2cc(N3CCC(C(=O)Nc4cc(C)ccc4OC)CC3)ncn2)cc1. The first-order valence-corrected chi connectivity index (χ1v) is 10.7. The number of benzene rings is 2. The number of rotatable bonds is 6. The topological polar surface area (TPSA) is 76.6 Å². The van der Waals surface area contributed by atoms with Gasteiger partial charge in [0.1, 0.15) is 23.6 Å². The summed E-state index contributed by atoms with van der Waals surface area (Å²) in [4.78, 5) is 24.0. The van der Waals surface area contributed by atoms with Gasteiger partial charge in [0, 0.05) is 30.6 Å². The van der Waals surface area contributed by atoms with Crippen LogP contribution in [0.2, 0.25) is 0 Å². The van der Waals surface area contributed by atoms with Gasteiger partial charge >= 0.3 is 0 Å². The van der Waals surface area contributed by atoms with Crippen LogP contribution >= 0.6 is 0 Å². The highest BCUT2D eigenvalue weighted by Crippen LogP contribution is 2.29. The number of aromatic nitrogens is 2. The van der Waals surface area contributed by atoms with E-state index in [0.717, 1.165) is 60.0 Å². The second kappa shape index (κ2) is 9.68. The quantitative estimate of drug-likeness (QED) is 0.625. The Morgan fingerprint density at radius 1 is 1.00 bits per heavy atom. The molecule has 1 aliphatic rings. The predicted molar refractivity (Wildman–Crippen MR) is 125 cm³/mol. The van der Waals surface area contributed by atoms with Gasteiger partial charge in [0.15, 0.2) is 0 Å². The Balaban J connectivity index is 1.39. The molecule has 0 atom stereocenters. The minimum atomic E-state index is -0.0423. The number of aryl methyl sites for hydroxylation is 1. The predicted octanol–water partition coefficient (Wildman–Crippen LogP) is 4.32. The van der Waals surface area contributed by atoms with Gasteiger partial charge in [0.2, 0.25) is 5.91 Å². The van der Waals surface area contributed by atoms with Crippen LogP contribution in [0.3, 0.4) is 0 Å². The lowest BCUT2D eigenvalue weighted by Crippen LogP contribution is -2.38. The van der Waals surface area contributed by atoms with Crippen molar-refractivity contribution in [3.8, 4) is 22.8 Å². The number of nitrogens with one attached hydrogen (secondary N) is 1. The van der Waals surface area contributed by atoms with Crippen LogP contribution in [0.15, 0.2) is 54.9 Å². The lowest BCUT2D eigenvalue weighted by atomic mass is 9.95. The van der Waals surface area contributed by atoms with Crippen LogP contribution < -0.4 is 19.7 Å². The number of amides is 1. The molecule has 0 aliphatic carbocycles. The largest absolute Gasteiger partial charge is 0.497 e. The van der Waals surface area contributed by atoms with Crippen molar-refractivity contribution in [3.63, 3.8) is 0 Å². The molecule has 0 bridgehead atoms. The fraction of sp³-hybridized carbons (Fsp3) is 0.320. The Morgan fingerprint density at radius 3 is 2.44 bits per heavy atom. The monoisotopic (exact) mass is 432 g/mol. The molecule has 32 heavy (non-hydrogen) atoms. The molecule has 2 heterocycles. The van der Waals surface area contributed by atoms with Gasteiger partial charge in [0.25, 0.3) is 0 Å². The number of hydrogen-bond acceptors (Lipinski definition) is 6. The standard InChI is InChI=1S/C25H28N4O3/c1-17-4-9-23(32-3)22(14-17)28-25(30)19-10-12-29(13-11-19)24-15-21(26-16-27-24)18-5-7-20(31-2)8-6-18/h4-9,14-16,19H,10-13H2,1-3H3,(H,28,30). The highest BCUT2D eigenvalue weighted by atomic mass is 16.5. The fourth-order valence-corrected chi connectivity index (χ4v) is 3.96. The zero-order chi connectivity index (χ0) is 22.5. The van der Waals surface area contributed by atoms with Gasteiger partial charge in [-0.3, -0.25) is 4.79 Å². The molecule has 1 fully saturated rings. The molecule has 0 radical (unpaired) electrons. The Morgan fingerprint density at radius 2 is 1.75 bits per heavy atom. The zero-order valence-electron chi connectivity index (χ0n) is 18.7. The Labute approximate surface area is 188 Å². The molecule has 2 aromatic carbocycles. The maximum Gasteiger partial charge on any atom is 0.227 e. The lowest BCUT2D eigenvalue weighted by Gasteiger charge is -2.32. The van der Waals surface area contributed by atoms with Crippen LogP contribution in [0.25, 0.3) is 11.3 Å². The van der Waals surface area contributed by atoms with Crippen molar-refractivity contribution < 1.29 is 14.3 Å². The van der Waals surface area contributed by atoms with Crippen LogP contribution in [0.5, 0.6) is 11.5 Å². The first-order chi connectivity index (χ1) is 15.6. The third kappa shape index (κ3) is 4.82. The molecular weight excluding hydrogens is 404 g/mol. The van der Waals surface area contributed by atoms with E-state index in [1.165, 1.54) is 0 Å². The van der Waals surface area contributed by atoms with Crippen molar-refractivity contribution in [3.05, 3.63) is 60.4 Å². The van der Waals surface area contributed by atoms with Gasteiger partial charge in [-0.15, -0.1) is 0 Å². The number of methoxy groups -OCH3 is 2. The van der Waals surface area contributed by atoms with E-state index in [1.54, 1.807) is 20.5 Å². The van der Waals surface area contributed by atoms with Crippen LogP contribution in [0.4, 0.5) is 11.5 Å². The van der Waals surface area contributed by atoms with Gasteiger partial charge in [-0.1, -0.05) is 6.07 Å². The summed E-state index contributed by atoms with van der Waals surface area (Å²) in [7, 11) is 3.26. The summed E-state index contributed by atoms with van der Waals surface area (Å²) >= 11 is 0. The van der Waals surface area contributed by atoms with Crippen molar-refractivity contribution in [1.29, 1.82) is 0 Å². The average molecular weight is 433 g/mol. The summed E-state index contributed by atoms with van der Waals surface area (Å²) in [5, 5.41) is 3.05. The molecule has 1 aliphatic heterocycles. The highest BCUT2D eigenvalue weighted by molar-refractivity contribution is 5.94. The lowest BCUT2D eigenvalue weighted by molar-refractivity contribution is -0.120. The summed E-state index contributed by atoms with van der Waals surface area (Å²) in [5.41, 5.74) is 3.67. The minimum Gasteiger partial charge on any atom is -0.497 e. The van der Waals surface area contributed by atoms with Gasteiger partial charge in [-0.05, 0) is 61.7 Å². The smallest absolute Gasteiger partial charge is 0.227 e. The molecule has 1 aromatic heterocycles. The van der Waals surface area contributed by atoms with E-state index < -0.39 is 0 Å². The molecular formula is C25H28N4O3. The highest BCUT2D eigenvalue weighted by Gasteiger charge is 2.26. The number of nitrogens with zero attached hydrogens (tertiary/aromatic N) is 3. The molecule has 3 aromatic rings. The molecule has 0 saturated carbocycles. The first kappa shape index (κ1) is 21.6. The van der Waals surface area contributed by atoms with Crippen LogP contribution in [-0.2, 0) is 4.79 Å². The molecule has 0 unspecified atom stereocenters. The van der Waals surface area contributed by atoms with Gasteiger partial charge < -0.3 is 19.7 Å². The van der Waals surface area contributed by atoms with Gasteiger partial charge in [0.05, 0.1) is 25.6 Å². The zero-order valence-corrected chi connectivity index (χ0v) is 18.7. The molecule has 4 rings (SSSR count). The van der Waals surface area contributed by atoms with E-state index in [1.807, 2.05) is 55.5 Å². The van der Waals surface area contributed by atoms with Crippen molar-refractivity contribution >= 4 is 17.4 Å². The van der Waals surface area contributed by atoms with Crippen molar-refractivity contribution in [2.24, 2.45) is 5.92 Å². The second-order valence-electron chi connectivity index (χ2n) is 7.94. The number of ether oxygens (including phenoxy) is 2. The van der Waals surface area contributed by atoms with E-state index in [2.05, 4.69) is 20.2 Å². The summed E-state index contributed by atoms with van der Waals surface area (Å²) in [6.45, 7) is 3.53. The third-order valence-electron chi connectivity index (χ3n) is 5.84. The van der Waals surface area contributed by atoms with E-state index in [-0.39, 0.29) is 11.8 Å². The van der Waals surface area contributed by atoms with Gasteiger partial charge in [-0.25, -0.2) is 9.97 Å². The Bertz CT molecular complexity index is 1080. The molecule has 1 amide bonds. The molecule has 7 nitrogen and oxygen atoms in total. The number of hydrogen-bond donors (Lipinski definition) is 1. The summed E-state index contributed by atoms with van der Waals surface area (Å²) in [6, 6.07) is 15.6. The average Bonchev–Trinajstić information content (AvgIpc) is 2.84. The van der Waals surface area contributed by atoms with Crippen LogP contribution in [0.1, 0.15) is 18.4 Å². The molecule has 7 heteroatoms. The number of piperidine rings is 1. The van der Waals surface area contributed by atoms with Crippen LogP contribution in [-0.4, -0.2) is 43.2 Å². The number of carbonyl (C=O) groups is 1. The minimum absolute atomic E-state index is 0.0372. The third-order valence-corrected chi connectivity index (χ3v) is 5.84. The van der Waals surface area contributed by atoms with E-state index in [0.29, 0.717) is 5.75 Å². The molecule has 1 N–H and O–H groups in total. The molecule has 1 saturated heterocycles. The van der Waals surface area contributed by atoms with E-state index >= 15 is 0 Å². The van der Waals surface area contributed by atoms with Gasteiger partial charge in [-0.2, -0.15) is 0 Å². The summed E-state index contributed by atoms with van der Waals surface area (Å²) in [6.07, 6.45) is 3.13. The molecule has 0 spiro atoms. The normalized spacial score (nSPS) is 14.2. The van der Waals surface area contributed by atoms with E-state index in [9.17, 15) is 4.79 Å². The second-order valence-corrected chi connectivity index (χ2v) is 7.94. The van der Waals surface area contributed by atoms with Crippen molar-refractivity contribution in [2.45, 2.75) is 19.8 Å². The Kier molecular flexibility index (Phi) is 6.54. The number of anilines is 2. The summed E-state index contributed by atoms with van der Waals surface area (Å²) in [5.74, 6) is 2.36. The fourth-order valence-electron chi connectivity index (χ4n) is 3.96. The number of carbonyl (C=O) groups excluding carboxylic acids is 1. The molecule has 166 valence electrons. The van der Waals surface area contributed by atoms with Crippen molar-refractivity contribution in [2.75, 3.05) is 37.5 Å². The maximum atomic E-state index is 12.9. The summed E-state index contributed by atoms with van der Waals surface area (Å²) < 4.78 is 10.6. The van der Waals surface area contributed by atoms with Crippen LogP contribution in [0, 0.1) is 12.8 Å².